The SMILES string of the molecule is CNc1ccc(NS(=O)(=O)c2cccc(Cl)c2F)cc1. The van der Waals surface area contributed by atoms with Crippen molar-refractivity contribution >= 4 is 33.0 Å². The van der Waals surface area contributed by atoms with Crippen molar-refractivity contribution in [2.45, 2.75) is 4.90 Å². The standard InChI is InChI=1S/C13H12ClFN2O2S/c1-16-9-5-7-10(8-6-9)17-20(18,19)12-4-2-3-11(14)13(12)15/h2-8,16-17H,1H3. The van der Waals surface area contributed by atoms with Crippen LogP contribution in [0.15, 0.2) is 47.4 Å². The molecule has 2 aromatic carbocycles. The summed E-state index contributed by atoms with van der Waals surface area (Å²) in [5, 5.41) is 2.67. The highest BCUT2D eigenvalue weighted by molar-refractivity contribution is 7.92. The minimum atomic E-state index is -4.02. The molecule has 0 saturated heterocycles. The third-order valence-corrected chi connectivity index (χ3v) is 4.32. The molecule has 0 aliphatic rings. The molecule has 106 valence electrons. The molecular formula is C13H12ClFN2O2S. The van der Waals surface area contributed by atoms with E-state index in [2.05, 4.69) is 10.0 Å². The maximum Gasteiger partial charge on any atom is 0.264 e. The maximum atomic E-state index is 13.8. The number of sulfonamides is 1. The Bertz CT molecular complexity index is 718. The van der Waals surface area contributed by atoms with Gasteiger partial charge in [-0.05, 0) is 36.4 Å². The Hall–Kier alpha value is -1.79. The molecule has 0 unspecified atom stereocenters. The van der Waals surface area contributed by atoms with Crippen molar-refractivity contribution in [3.63, 3.8) is 0 Å². The van der Waals surface area contributed by atoms with E-state index in [9.17, 15) is 12.8 Å². The van der Waals surface area contributed by atoms with Gasteiger partial charge in [0.25, 0.3) is 10.0 Å². The maximum absolute atomic E-state index is 13.8. The van der Waals surface area contributed by atoms with E-state index in [1.807, 2.05) is 0 Å². The van der Waals surface area contributed by atoms with Crippen molar-refractivity contribution < 1.29 is 12.8 Å². The van der Waals surface area contributed by atoms with Crippen LogP contribution in [0.5, 0.6) is 0 Å². The lowest BCUT2D eigenvalue weighted by molar-refractivity contribution is 0.570. The molecule has 0 heterocycles. The Balaban J connectivity index is 2.33. The van der Waals surface area contributed by atoms with Crippen molar-refractivity contribution in [2.24, 2.45) is 0 Å². The second kappa shape index (κ2) is 5.68. The molecule has 0 aliphatic carbocycles. The van der Waals surface area contributed by atoms with Crippen LogP contribution in [0.25, 0.3) is 0 Å². The highest BCUT2D eigenvalue weighted by atomic mass is 35.5. The van der Waals surface area contributed by atoms with Crippen molar-refractivity contribution in [2.75, 3.05) is 17.1 Å². The van der Waals surface area contributed by atoms with E-state index in [4.69, 9.17) is 11.6 Å². The zero-order valence-electron chi connectivity index (χ0n) is 10.5. The van der Waals surface area contributed by atoms with Gasteiger partial charge in [-0.1, -0.05) is 17.7 Å². The third kappa shape index (κ3) is 3.02. The van der Waals surface area contributed by atoms with Crippen LogP contribution in [-0.4, -0.2) is 15.5 Å². The lowest BCUT2D eigenvalue weighted by Crippen LogP contribution is -2.14. The molecule has 0 fully saturated rings. The highest BCUT2D eigenvalue weighted by Gasteiger charge is 2.20. The smallest absolute Gasteiger partial charge is 0.264 e. The molecule has 0 atom stereocenters. The molecule has 0 saturated carbocycles. The van der Waals surface area contributed by atoms with Crippen LogP contribution in [0.4, 0.5) is 15.8 Å². The third-order valence-electron chi connectivity index (χ3n) is 2.63. The fraction of sp³-hybridized carbons (Fsp3) is 0.0769. The van der Waals surface area contributed by atoms with Gasteiger partial charge in [0.15, 0.2) is 5.82 Å². The summed E-state index contributed by atoms with van der Waals surface area (Å²) < 4.78 is 40.3. The lowest BCUT2D eigenvalue weighted by Gasteiger charge is -2.10. The Labute approximate surface area is 121 Å². The number of hydrogen-bond acceptors (Lipinski definition) is 3. The van der Waals surface area contributed by atoms with Crippen LogP contribution in [-0.2, 0) is 10.0 Å². The van der Waals surface area contributed by atoms with Crippen LogP contribution < -0.4 is 10.0 Å². The number of hydrogen-bond donors (Lipinski definition) is 2. The predicted octanol–water partition coefficient (Wildman–Crippen LogP) is 3.32. The zero-order chi connectivity index (χ0) is 14.8. The van der Waals surface area contributed by atoms with Gasteiger partial charge in [0, 0.05) is 18.4 Å². The van der Waals surface area contributed by atoms with Crippen molar-refractivity contribution in [1.82, 2.24) is 0 Å². The summed E-state index contributed by atoms with van der Waals surface area (Å²) in [5.41, 5.74) is 1.17. The molecule has 2 N–H and O–H groups in total. The summed E-state index contributed by atoms with van der Waals surface area (Å²) in [6.07, 6.45) is 0. The van der Waals surface area contributed by atoms with Crippen LogP contribution in [0.3, 0.4) is 0 Å². The van der Waals surface area contributed by atoms with E-state index >= 15 is 0 Å². The monoisotopic (exact) mass is 314 g/mol. The molecular weight excluding hydrogens is 303 g/mol. The Kier molecular flexibility index (Phi) is 4.15. The summed E-state index contributed by atoms with van der Waals surface area (Å²) in [6.45, 7) is 0. The Morgan fingerprint density at radius 1 is 1.05 bits per heavy atom. The summed E-state index contributed by atoms with van der Waals surface area (Å²) in [6, 6.07) is 10.4. The van der Waals surface area contributed by atoms with Crippen LogP contribution in [0.1, 0.15) is 0 Å². The molecule has 7 heteroatoms. The van der Waals surface area contributed by atoms with Gasteiger partial charge >= 0.3 is 0 Å². The topological polar surface area (TPSA) is 58.2 Å². The molecule has 0 radical (unpaired) electrons. The van der Waals surface area contributed by atoms with Crippen molar-refractivity contribution in [1.29, 1.82) is 0 Å². The fourth-order valence-electron chi connectivity index (χ4n) is 1.61. The van der Waals surface area contributed by atoms with Gasteiger partial charge in [-0.15, -0.1) is 0 Å². The summed E-state index contributed by atoms with van der Waals surface area (Å²) in [4.78, 5) is -0.484. The molecule has 20 heavy (non-hydrogen) atoms. The Morgan fingerprint density at radius 3 is 2.25 bits per heavy atom. The molecule has 0 amide bonds. The number of halogens is 2. The number of nitrogens with one attached hydrogen (secondary N) is 2. The molecule has 4 nitrogen and oxygen atoms in total. The van der Waals surface area contributed by atoms with Crippen LogP contribution in [0, 0.1) is 5.82 Å². The second-order valence-corrected chi connectivity index (χ2v) is 6.04. The minimum Gasteiger partial charge on any atom is -0.388 e. The van der Waals surface area contributed by atoms with Gasteiger partial charge in [-0.3, -0.25) is 4.72 Å². The van der Waals surface area contributed by atoms with Gasteiger partial charge in [0.2, 0.25) is 0 Å². The molecule has 2 aromatic rings. The first-order chi connectivity index (χ1) is 9.44. The lowest BCUT2D eigenvalue weighted by atomic mass is 10.3. The summed E-state index contributed by atoms with van der Waals surface area (Å²) in [5.74, 6) is -0.964. The average molecular weight is 315 g/mol. The first kappa shape index (κ1) is 14.6. The van der Waals surface area contributed by atoms with Gasteiger partial charge < -0.3 is 5.32 Å². The van der Waals surface area contributed by atoms with Crippen LogP contribution >= 0.6 is 11.6 Å². The van der Waals surface area contributed by atoms with Gasteiger partial charge in [-0.25, -0.2) is 12.8 Å². The highest BCUT2D eigenvalue weighted by Crippen LogP contribution is 2.24. The molecule has 0 aromatic heterocycles. The number of anilines is 2. The number of rotatable bonds is 4. The van der Waals surface area contributed by atoms with E-state index < -0.39 is 20.7 Å². The zero-order valence-corrected chi connectivity index (χ0v) is 12.1. The Morgan fingerprint density at radius 2 is 1.65 bits per heavy atom. The summed E-state index contributed by atoms with van der Waals surface area (Å²) >= 11 is 5.59. The number of benzene rings is 2. The predicted molar refractivity (Wildman–Crippen MR) is 78.2 cm³/mol. The van der Waals surface area contributed by atoms with E-state index in [-0.39, 0.29) is 5.02 Å². The summed E-state index contributed by atoms with van der Waals surface area (Å²) in [7, 11) is -2.27. The van der Waals surface area contributed by atoms with E-state index in [1.54, 1.807) is 31.3 Å². The first-order valence-electron chi connectivity index (χ1n) is 5.68. The fourth-order valence-corrected chi connectivity index (χ4v) is 3.00. The normalized spacial score (nSPS) is 11.2. The van der Waals surface area contributed by atoms with Gasteiger partial charge in [0.1, 0.15) is 4.90 Å². The molecule has 0 bridgehead atoms. The minimum absolute atomic E-state index is 0.238. The molecule has 0 spiro atoms. The molecule has 2 rings (SSSR count). The largest absolute Gasteiger partial charge is 0.388 e. The molecule has 0 aliphatic heterocycles. The van der Waals surface area contributed by atoms with Crippen molar-refractivity contribution in [3.05, 3.63) is 53.3 Å². The van der Waals surface area contributed by atoms with Crippen molar-refractivity contribution in [3.8, 4) is 0 Å². The van der Waals surface area contributed by atoms with E-state index in [1.165, 1.54) is 12.1 Å². The first-order valence-corrected chi connectivity index (χ1v) is 7.55. The van der Waals surface area contributed by atoms with Gasteiger partial charge in [-0.2, -0.15) is 0 Å². The quantitative estimate of drug-likeness (QED) is 0.910. The second-order valence-electron chi connectivity index (χ2n) is 3.98. The average Bonchev–Trinajstić information content (AvgIpc) is 2.42. The van der Waals surface area contributed by atoms with E-state index in [0.717, 1.165) is 11.8 Å². The van der Waals surface area contributed by atoms with E-state index in [0.29, 0.717) is 5.69 Å². The van der Waals surface area contributed by atoms with Crippen LogP contribution in [0.2, 0.25) is 5.02 Å². The van der Waals surface area contributed by atoms with Gasteiger partial charge in [0.05, 0.1) is 5.02 Å².